The highest BCUT2D eigenvalue weighted by Crippen LogP contribution is 2.43. The van der Waals surface area contributed by atoms with Crippen molar-refractivity contribution < 1.29 is 9.53 Å². The third-order valence-corrected chi connectivity index (χ3v) is 5.07. The molecule has 7 nitrogen and oxygen atoms in total. The molecule has 1 aliphatic heterocycles. The van der Waals surface area contributed by atoms with Crippen molar-refractivity contribution >= 4 is 5.91 Å². The average Bonchev–Trinajstić information content (AvgIpc) is 3.03. The van der Waals surface area contributed by atoms with Gasteiger partial charge < -0.3 is 9.64 Å². The molecule has 2 heterocycles. The maximum atomic E-state index is 12.3. The Morgan fingerprint density at radius 2 is 2.04 bits per heavy atom. The molecule has 2 aromatic rings. The van der Waals surface area contributed by atoms with E-state index in [0.717, 1.165) is 11.3 Å². The Hall–Kier alpha value is -2.28. The highest BCUT2D eigenvalue weighted by molar-refractivity contribution is 5.74. The van der Waals surface area contributed by atoms with Gasteiger partial charge in [0.1, 0.15) is 5.54 Å². The second-order valence-corrected chi connectivity index (χ2v) is 7.35. The number of benzene rings is 1. The lowest BCUT2D eigenvalue weighted by atomic mass is 9.79. The molecule has 134 valence electrons. The Bertz CT molecular complexity index is 785. The summed E-state index contributed by atoms with van der Waals surface area (Å²) in [5.41, 5.74) is 1.01. The van der Waals surface area contributed by atoms with Gasteiger partial charge in [-0.1, -0.05) is 18.2 Å². The zero-order chi connectivity index (χ0) is 18.2. The number of amides is 1. The van der Waals surface area contributed by atoms with E-state index >= 15 is 0 Å². The molecule has 3 rings (SSSR count). The first kappa shape index (κ1) is 17.5. The normalized spacial score (nSPS) is 22.6. The minimum absolute atomic E-state index is 0.0166. The van der Waals surface area contributed by atoms with Gasteiger partial charge in [0.05, 0.1) is 11.3 Å². The minimum Gasteiger partial charge on any atom is -0.375 e. The van der Waals surface area contributed by atoms with Crippen LogP contribution in [-0.2, 0) is 15.1 Å². The molecule has 0 saturated carbocycles. The van der Waals surface area contributed by atoms with Crippen LogP contribution in [0, 0.1) is 6.92 Å². The highest BCUT2D eigenvalue weighted by Gasteiger charge is 2.49. The van der Waals surface area contributed by atoms with Crippen molar-refractivity contribution in [3.63, 3.8) is 0 Å². The van der Waals surface area contributed by atoms with Crippen molar-refractivity contribution in [3.05, 3.63) is 35.7 Å². The molecule has 1 aliphatic rings. The lowest BCUT2D eigenvalue weighted by molar-refractivity contribution is -0.151. The molecule has 25 heavy (non-hydrogen) atoms. The third kappa shape index (κ3) is 3.04. The molecule has 1 atom stereocenters. The van der Waals surface area contributed by atoms with Crippen LogP contribution < -0.4 is 0 Å². The third-order valence-electron chi connectivity index (χ3n) is 5.07. The maximum absolute atomic E-state index is 12.3. The summed E-state index contributed by atoms with van der Waals surface area (Å²) in [6, 6.07) is 7.96. The Morgan fingerprint density at radius 1 is 1.32 bits per heavy atom. The molecule has 1 aromatic carbocycles. The van der Waals surface area contributed by atoms with Crippen LogP contribution in [0.15, 0.2) is 24.3 Å². The van der Waals surface area contributed by atoms with E-state index in [-0.39, 0.29) is 11.5 Å². The monoisotopic (exact) mass is 343 g/mol. The van der Waals surface area contributed by atoms with Gasteiger partial charge in [0, 0.05) is 33.4 Å². The van der Waals surface area contributed by atoms with E-state index in [1.54, 1.807) is 16.5 Å². The van der Waals surface area contributed by atoms with E-state index in [4.69, 9.17) is 4.74 Å². The largest absolute Gasteiger partial charge is 0.375 e. The molecule has 0 radical (unpaired) electrons. The predicted octanol–water partition coefficient (Wildman–Crippen LogP) is 2.23. The van der Waals surface area contributed by atoms with Gasteiger partial charge >= 0.3 is 0 Å². The first-order valence-electron chi connectivity index (χ1n) is 8.50. The summed E-state index contributed by atoms with van der Waals surface area (Å²) in [6.07, 6.45) is 1.28. The van der Waals surface area contributed by atoms with Crippen molar-refractivity contribution in [1.82, 2.24) is 25.1 Å². The summed E-state index contributed by atoms with van der Waals surface area (Å²) in [5, 5.41) is 12.5. The number of nitrogens with zero attached hydrogens (tertiary/aromatic N) is 5. The molecule has 1 amide bonds. The fourth-order valence-corrected chi connectivity index (χ4v) is 3.71. The lowest BCUT2D eigenvalue weighted by Crippen LogP contribution is -2.55. The molecule has 1 saturated heterocycles. The zero-order valence-electron chi connectivity index (χ0n) is 15.5. The topological polar surface area (TPSA) is 73.1 Å². The van der Waals surface area contributed by atoms with Gasteiger partial charge in [-0.2, -0.15) is 4.68 Å². The van der Waals surface area contributed by atoms with Crippen LogP contribution in [0.5, 0.6) is 0 Å². The van der Waals surface area contributed by atoms with Gasteiger partial charge in [-0.3, -0.25) is 4.79 Å². The van der Waals surface area contributed by atoms with Gasteiger partial charge in [-0.05, 0) is 42.8 Å². The smallest absolute Gasteiger partial charge is 0.220 e. The molecule has 0 aliphatic carbocycles. The number of carbonyl (C=O) groups excluding carboxylic acids is 1. The molecule has 7 heteroatoms. The number of ether oxygens (including phenoxy) is 1. The van der Waals surface area contributed by atoms with Crippen molar-refractivity contribution in [2.75, 3.05) is 13.7 Å². The second kappa shape index (κ2) is 6.22. The lowest BCUT2D eigenvalue weighted by Gasteiger charge is -2.48. The van der Waals surface area contributed by atoms with Crippen molar-refractivity contribution in [3.8, 4) is 5.69 Å². The molecular formula is C18H25N5O2. The molecule has 0 spiro atoms. The van der Waals surface area contributed by atoms with Crippen LogP contribution in [0.4, 0.5) is 0 Å². The van der Waals surface area contributed by atoms with Crippen LogP contribution in [0.2, 0.25) is 0 Å². The number of aromatic nitrogens is 4. The summed E-state index contributed by atoms with van der Waals surface area (Å²) in [4.78, 5) is 14.0. The molecular weight excluding hydrogens is 318 g/mol. The van der Waals surface area contributed by atoms with Crippen molar-refractivity contribution in [2.24, 2.45) is 0 Å². The van der Waals surface area contributed by atoms with Gasteiger partial charge in [0.25, 0.3) is 0 Å². The van der Waals surface area contributed by atoms with E-state index in [0.29, 0.717) is 25.3 Å². The van der Waals surface area contributed by atoms with Crippen LogP contribution in [0.1, 0.15) is 45.0 Å². The van der Waals surface area contributed by atoms with E-state index < -0.39 is 5.54 Å². The Balaban J connectivity index is 2.18. The zero-order valence-corrected chi connectivity index (χ0v) is 15.5. The molecule has 1 fully saturated rings. The predicted molar refractivity (Wildman–Crippen MR) is 93.3 cm³/mol. The number of hydrogen-bond acceptors (Lipinski definition) is 5. The van der Waals surface area contributed by atoms with Crippen LogP contribution in [-0.4, -0.2) is 50.3 Å². The highest BCUT2D eigenvalue weighted by atomic mass is 16.5. The van der Waals surface area contributed by atoms with Gasteiger partial charge in [-0.15, -0.1) is 5.10 Å². The van der Waals surface area contributed by atoms with Crippen molar-refractivity contribution in [1.29, 1.82) is 0 Å². The summed E-state index contributed by atoms with van der Waals surface area (Å²) < 4.78 is 7.66. The molecule has 0 bridgehead atoms. The summed E-state index contributed by atoms with van der Waals surface area (Å²) in [7, 11) is 1.82. The summed E-state index contributed by atoms with van der Waals surface area (Å²) in [6.45, 7) is 8.22. The SMILES string of the molecule is CC(=O)N(C)[C@]1(c2nnnn2-c2ccccc2C)CCOC(C)(C)C1. The number of rotatable bonds is 3. The first-order chi connectivity index (χ1) is 11.8. The maximum Gasteiger partial charge on any atom is 0.220 e. The van der Waals surface area contributed by atoms with Crippen molar-refractivity contribution in [2.45, 2.75) is 51.7 Å². The van der Waals surface area contributed by atoms with Crippen LogP contribution in [0.3, 0.4) is 0 Å². The molecule has 1 aromatic heterocycles. The Morgan fingerprint density at radius 3 is 2.68 bits per heavy atom. The van der Waals surface area contributed by atoms with Gasteiger partial charge in [0.15, 0.2) is 5.82 Å². The van der Waals surface area contributed by atoms with Gasteiger partial charge in [-0.25, -0.2) is 0 Å². The number of carbonyl (C=O) groups is 1. The van der Waals surface area contributed by atoms with Crippen LogP contribution >= 0.6 is 0 Å². The van der Waals surface area contributed by atoms with Gasteiger partial charge in [0.2, 0.25) is 5.91 Å². The number of tetrazole rings is 1. The van der Waals surface area contributed by atoms with E-state index in [1.807, 2.05) is 52.1 Å². The number of hydrogen-bond donors (Lipinski definition) is 0. The second-order valence-electron chi connectivity index (χ2n) is 7.35. The molecule has 0 unspecified atom stereocenters. The number of para-hydroxylation sites is 1. The minimum atomic E-state index is -0.612. The fourth-order valence-electron chi connectivity index (χ4n) is 3.71. The Labute approximate surface area is 148 Å². The van der Waals surface area contributed by atoms with E-state index in [2.05, 4.69) is 15.5 Å². The fraction of sp³-hybridized carbons (Fsp3) is 0.556. The van der Waals surface area contributed by atoms with Crippen LogP contribution in [0.25, 0.3) is 5.69 Å². The Kier molecular flexibility index (Phi) is 4.36. The standard InChI is InChI=1S/C18H25N5O2/c1-13-8-6-7-9-15(13)23-16(19-20-21-23)18(22(5)14(2)24)10-11-25-17(3,4)12-18/h6-9H,10-12H2,1-5H3/t18-/m1/s1. The van der Waals surface area contributed by atoms with E-state index in [1.165, 1.54) is 0 Å². The quantitative estimate of drug-likeness (QED) is 0.854. The first-order valence-corrected chi connectivity index (χ1v) is 8.50. The summed E-state index contributed by atoms with van der Waals surface area (Å²) in [5.74, 6) is 0.660. The van der Waals surface area contributed by atoms with E-state index in [9.17, 15) is 4.79 Å². The summed E-state index contributed by atoms with van der Waals surface area (Å²) >= 11 is 0. The molecule has 0 N–H and O–H groups in total. The number of aryl methyl sites for hydroxylation is 1. The average molecular weight is 343 g/mol.